The molecule has 0 saturated carbocycles. The van der Waals surface area contributed by atoms with Gasteiger partial charge in [0.15, 0.2) is 5.11 Å². The van der Waals surface area contributed by atoms with Gasteiger partial charge in [0, 0.05) is 24.5 Å². The molecule has 0 spiro atoms. The van der Waals surface area contributed by atoms with Crippen LogP contribution in [0.3, 0.4) is 0 Å². The van der Waals surface area contributed by atoms with Crippen LogP contribution in [0.2, 0.25) is 0 Å². The largest absolute Gasteiger partial charge is 0.335 e. The van der Waals surface area contributed by atoms with Crippen molar-refractivity contribution in [3.05, 3.63) is 83.4 Å². The molecule has 0 bridgehead atoms. The van der Waals surface area contributed by atoms with Crippen LogP contribution in [0.25, 0.3) is 11.1 Å². The highest BCUT2D eigenvalue weighted by Crippen LogP contribution is 2.47. The Bertz CT molecular complexity index is 1520. The van der Waals surface area contributed by atoms with E-state index in [9.17, 15) is 22.6 Å². The maximum atomic E-state index is 13.3. The number of hydrogen-bond acceptors (Lipinski definition) is 7. The van der Waals surface area contributed by atoms with E-state index in [4.69, 9.17) is 12.2 Å². The van der Waals surface area contributed by atoms with Gasteiger partial charge in [-0.1, -0.05) is 87.0 Å². The Labute approximate surface area is 263 Å². The lowest BCUT2D eigenvalue weighted by Gasteiger charge is -2.36. The van der Waals surface area contributed by atoms with Gasteiger partial charge in [-0.2, -0.15) is 8.42 Å². The van der Waals surface area contributed by atoms with Crippen LogP contribution in [0, 0.1) is 0 Å². The topological polar surface area (TPSA) is 98.2 Å². The van der Waals surface area contributed by atoms with Gasteiger partial charge in [0.2, 0.25) is 0 Å². The molecule has 1 N–H and O–H groups in total. The van der Waals surface area contributed by atoms with Gasteiger partial charge in [-0.15, -0.1) is 0 Å². The van der Waals surface area contributed by atoms with Crippen LogP contribution in [-0.2, 0) is 19.7 Å². The van der Waals surface area contributed by atoms with Crippen molar-refractivity contribution in [1.29, 1.82) is 0 Å². The summed E-state index contributed by atoms with van der Waals surface area (Å²) in [4.78, 5) is 32.6. The van der Waals surface area contributed by atoms with Crippen molar-refractivity contribution in [3.8, 4) is 11.1 Å². The molecule has 0 radical (unpaired) electrons. The van der Waals surface area contributed by atoms with E-state index < -0.39 is 10.1 Å². The Kier molecular flexibility index (Phi) is 11.4. The molecule has 43 heavy (non-hydrogen) atoms. The smallest absolute Gasteiger partial charge is 0.265 e. The van der Waals surface area contributed by atoms with Crippen molar-refractivity contribution in [1.82, 2.24) is 9.80 Å². The highest BCUT2D eigenvalue weighted by Gasteiger charge is 2.38. The fraction of sp³-hybridized carbons (Fsp3) is 0.344. The number of hydrogen-bond donors (Lipinski definition) is 1. The zero-order valence-electron chi connectivity index (χ0n) is 24.4. The number of fused-ring (bicyclic) bond motifs is 1. The molecule has 11 heteroatoms. The Morgan fingerprint density at radius 2 is 1.42 bits per heavy atom. The number of unbranched alkanes of at least 4 members (excludes halogenated alkanes) is 2. The number of nitrogens with zero attached hydrogens (tertiary/aromatic N) is 3. The number of rotatable bonds is 13. The van der Waals surface area contributed by atoms with E-state index >= 15 is 0 Å². The first kappa shape index (κ1) is 32.7. The van der Waals surface area contributed by atoms with Crippen LogP contribution in [0.15, 0.2) is 88.3 Å². The fourth-order valence-corrected chi connectivity index (χ4v) is 6.76. The van der Waals surface area contributed by atoms with Crippen LogP contribution >= 0.6 is 24.0 Å². The van der Waals surface area contributed by atoms with Crippen molar-refractivity contribution >= 4 is 56.7 Å². The number of carbonyl (C=O) groups excluding carboxylic acids is 2. The summed E-state index contributed by atoms with van der Waals surface area (Å²) < 4.78 is 32.1. The molecule has 0 unspecified atom stereocenters. The molecule has 2 aromatic rings. The number of thioether (sulfide) groups is 1. The highest BCUT2D eigenvalue weighted by atomic mass is 32.2. The quantitative estimate of drug-likeness (QED) is 0.116. The van der Waals surface area contributed by atoms with Crippen molar-refractivity contribution in [2.75, 3.05) is 30.3 Å². The summed E-state index contributed by atoms with van der Waals surface area (Å²) in [5.41, 5.74) is 3.13. The summed E-state index contributed by atoms with van der Waals surface area (Å²) >= 11 is 7.08. The molecule has 0 aliphatic carbocycles. The summed E-state index contributed by atoms with van der Waals surface area (Å²) in [5.74, 6) is -1.10. The number of amides is 2. The number of benzene rings is 2. The van der Waals surface area contributed by atoms with Crippen LogP contribution in [0.4, 0.5) is 5.69 Å². The first-order valence-electron chi connectivity index (χ1n) is 14.5. The van der Waals surface area contributed by atoms with E-state index in [1.807, 2.05) is 61.2 Å². The van der Waals surface area contributed by atoms with Crippen LogP contribution in [-0.4, -0.2) is 65.1 Å². The van der Waals surface area contributed by atoms with Crippen LogP contribution in [0.5, 0.6) is 0 Å². The lowest BCUT2D eigenvalue weighted by atomic mass is 10.0. The minimum atomic E-state index is -4.09. The Morgan fingerprint density at radius 1 is 0.814 bits per heavy atom. The van der Waals surface area contributed by atoms with Crippen molar-refractivity contribution in [2.24, 2.45) is 0 Å². The van der Waals surface area contributed by atoms with Crippen LogP contribution in [0.1, 0.15) is 46.0 Å². The average Bonchev–Trinajstić information content (AvgIpc) is 3.33. The van der Waals surface area contributed by atoms with Gasteiger partial charge in [-0.25, -0.2) is 0 Å². The molecule has 2 aliphatic rings. The number of carbonyl (C=O) groups is 2. The Balaban J connectivity index is 1.60. The van der Waals surface area contributed by atoms with E-state index in [0.29, 0.717) is 19.6 Å². The highest BCUT2D eigenvalue weighted by molar-refractivity contribution is 8.03. The van der Waals surface area contributed by atoms with Gasteiger partial charge >= 0.3 is 0 Å². The zero-order valence-corrected chi connectivity index (χ0v) is 26.9. The molecule has 0 atom stereocenters. The molecule has 0 aromatic heterocycles. The molecule has 4 rings (SSSR count). The predicted octanol–water partition coefficient (Wildman–Crippen LogP) is 6.42. The monoisotopic (exact) mass is 639 g/mol. The summed E-state index contributed by atoms with van der Waals surface area (Å²) in [6.45, 7) is 5.39. The molecule has 1 saturated heterocycles. The average molecular weight is 640 g/mol. The standard InChI is InChI=1S/C32H37N3O5S3/c1-3-5-19-34-30(36)26(31(37)35(32(34)41)20-6-4-2)15-10-11-16-29-33(21-12-22-43(38,39)40)27-23-25(17-18-28(27)42-29)24-13-8-7-9-14-24/h7-11,13-18,23H,3-6,12,19-22H2,1-2H3,(H,38,39,40). The van der Waals surface area contributed by atoms with E-state index in [1.165, 1.54) is 9.80 Å². The maximum absolute atomic E-state index is 13.3. The number of allylic oxidation sites excluding steroid dienone is 4. The molecule has 8 nitrogen and oxygen atoms in total. The first-order chi connectivity index (χ1) is 20.6. The molecule has 2 amide bonds. The van der Waals surface area contributed by atoms with E-state index in [1.54, 1.807) is 30.0 Å². The molecule has 1 fully saturated rings. The predicted molar refractivity (Wildman–Crippen MR) is 177 cm³/mol. The van der Waals surface area contributed by atoms with Gasteiger partial charge in [-0.3, -0.25) is 23.9 Å². The normalized spacial score (nSPS) is 16.6. The maximum Gasteiger partial charge on any atom is 0.265 e. The minimum absolute atomic E-state index is 0.0790. The van der Waals surface area contributed by atoms with E-state index in [-0.39, 0.29) is 34.7 Å². The minimum Gasteiger partial charge on any atom is -0.335 e. The molecule has 228 valence electrons. The second-order valence-corrected chi connectivity index (χ2v) is 13.3. The third kappa shape index (κ3) is 8.23. The Hall–Kier alpha value is -3.25. The van der Waals surface area contributed by atoms with Gasteiger partial charge in [-0.05, 0) is 66.9 Å². The first-order valence-corrected chi connectivity index (χ1v) is 17.3. The number of thiocarbonyl (C=S) groups is 1. The summed E-state index contributed by atoms with van der Waals surface area (Å²) in [6.07, 6.45) is 10.5. The summed E-state index contributed by atoms with van der Waals surface area (Å²) in [6, 6.07) is 16.2. The summed E-state index contributed by atoms with van der Waals surface area (Å²) in [5, 5.41) is 1.14. The second kappa shape index (κ2) is 15.0. The zero-order chi connectivity index (χ0) is 31.0. The van der Waals surface area contributed by atoms with Crippen molar-refractivity contribution in [3.63, 3.8) is 0 Å². The van der Waals surface area contributed by atoms with E-state index in [2.05, 4.69) is 12.1 Å². The van der Waals surface area contributed by atoms with Gasteiger partial charge < -0.3 is 4.90 Å². The van der Waals surface area contributed by atoms with Gasteiger partial charge in [0.25, 0.3) is 21.9 Å². The van der Waals surface area contributed by atoms with Gasteiger partial charge in [0.1, 0.15) is 5.57 Å². The molecular formula is C32H37N3O5S3. The van der Waals surface area contributed by atoms with E-state index in [0.717, 1.165) is 52.4 Å². The Morgan fingerprint density at radius 3 is 2.02 bits per heavy atom. The third-order valence-electron chi connectivity index (χ3n) is 7.12. The molecule has 2 aromatic carbocycles. The van der Waals surface area contributed by atoms with Crippen LogP contribution < -0.4 is 4.90 Å². The molecule has 2 aliphatic heterocycles. The third-order valence-corrected chi connectivity index (χ3v) is 9.49. The molecule has 2 heterocycles. The number of anilines is 1. The SMILES string of the molecule is CCCCN1C(=O)C(=CC=CC=C2Sc3ccc(-c4ccccc4)cc3N2CCCS(=O)(=O)O)C(=O)N(CCCC)C1=S. The summed E-state index contributed by atoms with van der Waals surface area (Å²) in [7, 11) is -4.09. The van der Waals surface area contributed by atoms with Crippen molar-refractivity contribution < 1.29 is 22.6 Å². The lowest BCUT2D eigenvalue weighted by Crippen LogP contribution is -2.56. The van der Waals surface area contributed by atoms with Gasteiger partial charge in [0.05, 0.1) is 16.5 Å². The fourth-order valence-electron chi connectivity index (χ4n) is 4.83. The molecular weight excluding hydrogens is 603 g/mol. The van der Waals surface area contributed by atoms with Crippen molar-refractivity contribution in [2.45, 2.75) is 50.8 Å². The lowest BCUT2D eigenvalue weighted by molar-refractivity contribution is -0.133. The second-order valence-electron chi connectivity index (χ2n) is 10.3.